The average molecular weight is 434 g/mol. The van der Waals surface area contributed by atoms with Crippen molar-refractivity contribution in [3.8, 4) is 0 Å². The molecular formula is C24H23N3O3S. The maximum Gasteiger partial charge on any atom is 0.244 e. The first kappa shape index (κ1) is 19.9. The first-order valence-corrected chi connectivity index (χ1v) is 11.8. The van der Waals surface area contributed by atoms with Gasteiger partial charge in [0, 0.05) is 32.0 Å². The highest BCUT2D eigenvalue weighted by Crippen LogP contribution is 2.50. The summed E-state index contributed by atoms with van der Waals surface area (Å²) in [4.78, 5) is 19.3. The van der Waals surface area contributed by atoms with Gasteiger partial charge in [0.15, 0.2) is 0 Å². The first-order valence-electron chi connectivity index (χ1n) is 10.3. The summed E-state index contributed by atoms with van der Waals surface area (Å²) < 4.78 is 28.6. The number of nitrogens with zero attached hydrogens (tertiary/aromatic N) is 3. The van der Waals surface area contributed by atoms with Crippen LogP contribution in [-0.4, -0.2) is 41.6 Å². The first-order chi connectivity index (χ1) is 15.0. The van der Waals surface area contributed by atoms with Gasteiger partial charge in [-0.2, -0.15) is 4.31 Å². The fourth-order valence-corrected chi connectivity index (χ4v) is 6.82. The lowest BCUT2D eigenvalue weighted by molar-refractivity contribution is -0.129. The predicted molar refractivity (Wildman–Crippen MR) is 116 cm³/mol. The molecule has 7 heteroatoms. The van der Waals surface area contributed by atoms with E-state index in [4.69, 9.17) is 0 Å². The summed E-state index contributed by atoms with van der Waals surface area (Å²) in [5.41, 5.74) is 1.82. The molecule has 0 aliphatic carbocycles. The molecule has 1 aromatic heterocycles. The number of benzene rings is 2. The molecule has 0 N–H and O–H groups in total. The van der Waals surface area contributed by atoms with Gasteiger partial charge >= 0.3 is 0 Å². The Kier molecular flexibility index (Phi) is 4.87. The molecule has 1 saturated heterocycles. The molecule has 2 aliphatic heterocycles. The van der Waals surface area contributed by atoms with Crippen LogP contribution in [0.15, 0.2) is 84.0 Å². The van der Waals surface area contributed by atoms with Gasteiger partial charge in [-0.3, -0.25) is 9.78 Å². The second-order valence-corrected chi connectivity index (χ2v) is 9.96. The SMILES string of the molecule is O=C(Cc1ccccc1)N1CC[C@]2(C1)c1ccccc1S(=O)(=O)N2Cc1cccnc1. The van der Waals surface area contributed by atoms with Crippen LogP contribution in [0, 0.1) is 0 Å². The Morgan fingerprint density at radius 1 is 0.968 bits per heavy atom. The van der Waals surface area contributed by atoms with Gasteiger partial charge in [-0.1, -0.05) is 54.6 Å². The van der Waals surface area contributed by atoms with E-state index in [1.165, 1.54) is 0 Å². The fraction of sp³-hybridized carbons (Fsp3) is 0.250. The summed E-state index contributed by atoms with van der Waals surface area (Å²) in [6.45, 7) is 1.11. The summed E-state index contributed by atoms with van der Waals surface area (Å²) in [6, 6.07) is 20.5. The summed E-state index contributed by atoms with van der Waals surface area (Å²) in [7, 11) is -3.68. The Balaban J connectivity index is 1.50. The van der Waals surface area contributed by atoms with Gasteiger partial charge in [-0.05, 0) is 35.2 Å². The quantitative estimate of drug-likeness (QED) is 0.634. The van der Waals surface area contributed by atoms with E-state index in [0.29, 0.717) is 30.8 Å². The monoisotopic (exact) mass is 433 g/mol. The Morgan fingerprint density at radius 3 is 2.48 bits per heavy atom. The number of likely N-dealkylation sites (tertiary alicyclic amines) is 1. The molecule has 3 aromatic rings. The fourth-order valence-electron chi connectivity index (χ4n) is 4.77. The molecule has 31 heavy (non-hydrogen) atoms. The van der Waals surface area contributed by atoms with E-state index in [1.54, 1.807) is 33.7 Å². The van der Waals surface area contributed by atoms with Gasteiger partial charge in [-0.15, -0.1) is 0 Å². The molecule has 1 spiro atoms. The average Bonchev–Trinajstić information content (AvgIpc) is 3.31. The topological polar surface area (TPSA) is 70.6 Å². The van der Waals surface area contributed by atoms with Gasteiger partial charge in [-0.25, -0.2) is 8.42 Å². The van der Waals surface area contributed by atoms with Crippen LogP contribution < -0.4 is 0 Å². The number of hydrogen-bond acceptors (Lipinski definition) is 4. The minimum Gasteiger partial charge on any atom is -0.340 e. The van der Waals surface area contributed by atoms with Crippen LogP contribution in [0.25, 0.3) is 0 Å². The van der Waals surface area contributed by atoms with Crippen molar-refractivity contribution in [2.24, 2.45) is 0 Å². The normalized spacial score (nSPS) is 22.0. The van der Waals surface area contributed by atoms with Crippen LogP contribution in [-0.2, 0) is 33.3 Å². The lowest BCUT2D eigenvalue weighted by Crippen LogP contribution is -2.46. The molecule has 0 bridgehead atoms. The van der Waals surface area contributed by atoms with Crippen molar-refractivity contribution in [1.82, 2.24) is 14.2 Å². The van der Waals surface area contributed by atoms with Crippen LogP contribution >= 0.6 is 0 Å². The molecule has 1 atom stereocenters. The zero-order chi connectivity index (χ0) is 21.5. The van der Waals surface area contributed by atoms with Crippen LogP contribution in [0.1, 0.15) is 23.1 Å². The van der Waals surface area contributed by atoms with E-state index in [2.05, 4.69) is 4.98 Å². The molecule has 2 aliphatic rings. The van der Waals surface area contributed by atoms with Crippen LogP contribution in [0.5, 0.6) is 0 Å². The highest BCUT2D eigenvalue weighted by atomic mass is 32.2. The van der Waals surface area contributed by atoms with Crippen molar-refractivity contribution in [3.05, 3.63) is 95.8 Å². The molecular weight excluding hydrogens is 410 g/mol. The highest BCUT2D eigenvalue weighted by molar-refractivity contribution is 7.89. The second-order valence-electron chi connectivity index (χ2n) is 8.13. The Labute approximate surface area is 182 Å². The van der Waals surface area contributed by atoms with Crippen molar-refractivity contribution in [3.63, 3.8) is 0 Å². The number of aromatic nitrogens is 1. The summed E-state index contributed by atoms with van der Waals surface area (Å²) in [5, 5.41) is 0. The zero-order valence-corrected chi connectivity index (χ0v) is 17.8. The standard InChI is InChI=1S/C24H23N3O3S/c28-23(15-19-7-2-1-3-8-19)26-14-12-24(18-26)21-10-4-5-11-22(21)31(29,30)27(24)17-20-9-6-13-25-16-20/h1-11,13,16H,12,14-15,17-18H2/t24-/m0/s1. The Bertz CT molecular complexity index is 1220. The molecule has 2 aromatic carbocycles. The van der Waals surface area contributed by atoms with Gasteiger partial charge in [0.1, 0.15) is 0 Å². The minimum atomic E-state index is -3.68. The molecule has 1 amide bonds. The zero-order valence-electron chi connectivity index (χ0n) is 17.0. The van der Waals surface area contributed by atoms with E-state index in [1.807, 2.05) is 54.6 Å². The van der Waals surface area contributed by atoms with Crippen molar-refractivity contribution < 1.29 is 13.2 Å². The maximum absolute atomic E-state index is 13.5. The predicted octanol–water partition coefficient (Wildman–Crippen LogP) is 2.96. The molecule has 1 fully saturated rings. The maximum atomic E-state index is 13.5. The molecule has 158 valence electrons. The smallest absolute Gasteiger partial charge is 0.244 e. The molecule has 0 saturated carbocycles. The summed E-state index contributed by atoms with van der Waals surface area (Å²) in [5.74, 6) is 0.0196. The van der Waals surface area contributed by atoms with Gasteiger partial charge in [0.25, 0.3) is 0 Å². The number of fused-ring (bicyclic) bond motifs is 2. The van der Waals surface area contributed by atoms with E-state index in [0.717, 1.165) is 16.7 Å². The van der Waals surface area contributed by atoms with Crippen LogP contribution in [0.3, 0.4) is 0 Å². The van der Waals surface area contributed by atoms with Crippen molar-refractivity contribution in [2.45, 2.75) is 29.8 Å². The summed E-state index contributed by atoms with van der Waals surface area (Å²) >= 11 is 0. The van der Waals surface area contributed by atoms with E-state index in [9.17, 15) is 13.2 Å². The van der Waals surface area contributed by atoms with Crippen molar-refractivity contribution in [1.29, 1.82) is 0 Å². The van der Waals surface area contributed by atoms with E-state index >= 15 is 0 Å². The number of sulfonamides is 1. The second kappa shape index (κ2) is 7.59. The lowest BCUT2D eigenvalue weighted by atomic mass is 9.88. The Morgan fingerprint density at radius 2 is 1.71 bits per heavy atom. The van der Waals surface area contributed by atoms with Gasteiger partial charge in [0.2, 0.25) is 15.9 Å². The van der Waals surface area contributed by atoms with Crippen LogP contribution in [0.4, 0.5) is 0 Å². The third kappa shape index (κ3) is 3.34. The van der Waals surface area contributed by atoms with E-state index < -0.39 is 15.6 Å². The minimum absolute atomic E-state index is 0.0196. The van der Waals surface area contributed by atoms with E-state index in [-0.39, 0.29) is 12.5 Å². The largest absolute Gasteiger partial charge is 0.340 e. The number of hydrogen-bond donors (Lipinski definition) is 0. The van der Waals surface area contributed by atoms with Crippen molar-refractivity contribution >= 4 is 15.9 Å². The number of pyridine rings is 1. The number of carbonyl (C=O) groups excluding carboxylic acids is 1. The molecule has 3 heterocycles. The molecule has 0 unspecified atom stereocenters. The third-order valence-corrected chi connectivity index (χ3v) is 8.25. The number of amides is 1. The summed E-state index contributed by atoms with van der Waals surface area (Å²) in [6.07, 6.45) is 4.25. The third-order valence-electron chi connectivity index (χ3n) is 6.28. The van der Waals surface area contributed by atoms with Crippen molar-refractivity contribution in [2.75, 3.05) is 13.1 Å². The highest BCUT2D eigenvalue weighted by Gasteiger charge is 2.57. The molecule has 6 nitrogen and oxygen atoms in total. The van der Waals surface area contributed by atoms with Crippen LogP contribution in [0.2, 0.25) is 0 Å². The van der Waals surface area contributed by atoms with Gasteiger partial charge < -0.3 is 4.90 Å². The number of rotatable bonds is 4. The molecule has 5 rings (SSSR count). The number of carbonyl (C=O) groups is 1. The lowest BCUT2D eigenvalue weighted by Gasteiger charge is -2.34. The Hall–Kier alpha value is -3.03. The molecule has 0 radical (unpaired) electrons. The van der Waals surface area contributed by atoms with Gasteiger partial charge in [0.05, 0.1) is 16.9 Å².